The Morgan fingerprint density at radius 3 is 2.31 bits per heavy atom. The molecular weight excluding hydrogens is 438 g/mol. The number of likely N-dealkylation sites (tertiary alicyclic amines) is 1. The predicted molar refractivity (Wildman–Crippen MR) is 120 cm³/mol. The normalized spacial score (nSPS) is 18.7. The number of nitrogens with one attached hydrogen (secondary N) is 2. The number of thioether (sulfide) groups is 1. The maximum atomic E-state index is 13.0. The number of hydrogen-bond donors (Lipinski definition) is 5. The first kappa shape index (κ1) is 27.7. The molecule has 0 aromatic carbocycles. The van der Waals surface area contributed by atoms with E-state index in [0.29, 0.717) is 31.6 Å². The van der Waals surface area contributed by atoms with Crippen molar-refractivity contribution in [2.45, 2.75) is 70.1 Å². The van der Waals surface area contributed by atoms with E-state index >= 15 is 0 Å². The van der Waals surface area contributed by atoms with Crippen molar-refractivity contribution < 1.29 is 29.1 Å². The van der Waals surface area contributed by atoms with Crippen molar-refractivity contribution >= 4 is 41.4 Å². The van der Waals surface area contributed by atoms with Gasteiger partial charge < -0.3 is 32.1 Å². The number of aliphatic carboxylic acids is 1. The number of carbonyl (C=O) groups excluding carboxylic acids is 4. The van der Waals surface area contributed by atoms with Gasteiger partial charge in [-0.05, 0) is 43.6 Å². The molecule has 1 aliphatic rings. The van der Waals surface area contributed by atoms with E-state index in [1.165, 1.54) is 16.7 Å². The molecule has 182 valence electrons. The van der Waals surface area contributed by atoms with E-state index in [0.717, 1.165) is 0 Å². The SMILES string of the molecule is CSCCC(N)C(=O)NC(CCC(N)=O)C(=O)NC(C(=O)N1CCCC1C(=O)O)C(C)C. The summed E-state index contributed by atoms with van der Waals surface area (Å²) in [5.74, 6) is -3.08. The Kier molecular flexibility index (Phi) is 11.5. The maximum absolute atomic E-state index is 13.0. The summed E-state index contributed by atoms with van der Waals surface area (Å²) in [6.45, 7) is 3.75. The van der Waals surface area contributed by atoms with Crippen LogP contribution in [-0.4, -0.2) is 82.3 Å². The van der Waals surface area contributed by atoms with Crippen LogP contribution in [0.5, 0.6) is 0 Å². The van der Waals surface area contributed by atoms with Gasteiger partial charge in [0.1, 0.15) is 18.1 Å². The Bertz CT molecular complexity index is 704. The molecule has 1 fully saturated rings. The molecule has 4 unspecified atom stereocenters. The van der Waals surface area contributed by atoms with Gasteiger partial charge in [0, 0.05) is 13.0 Å². The van der Waals surface area contributed by atoms with Gasteiger partial charge in [-0.1, -0.05) is 13.8 Å². The van der Waals surface area contributed by atoms with Crippen LogP contribution in [0.15, 0.2) is 0 Å². The molecule has 12 heteroatoms. The number of hydrogen-bond acceptors (Lipinski definition) is 7. The monoisotopic (exact) mass is 473 g/mol. The minimum absolute atomic E-state index is 0.0530. The first-order valence-corrected chi connectivity index (χ1v) is 12.1. The molecule has 0 aliphatic carbocycles. The molecular formula is C20H35N5O6S. The van der Waals surface area contributed by atoms with Gasteiger partial charge >= 0.3 is 5.97 Å². The van der Waals surface area contributed by atoms with Gasteiger partial charge in [0.15, 0.2) is 0 Å². The summed E-state index contributed by atoms with van der Waals surface area (Å²) in [7, 11) is 0. The van der Waals surface area contributed by atoms with Crippen molar-refractivity contribution in [1.82, 2.24) is 15.5 Å². The first-order valence-electron chi connectivity index (χ1n) is 10.7. The summed E-state index contributed by atoms with van der Waals surface area (Å²) in [5, 5.41) is 14.5. The zero-order valence-corrected chi connectivity index (χ0v) is 19.7. The van der Waals surface area contributed by atoms with E-state index in [2.05, 4.69) is 10.6 Å². The Balaban J connectivity index is 2.95. The van der Waals surface area contributed by atoms with E-state index in [1.807, 2.05) is 6.26 Å². The average molecular weight is 474 g/mol. The summed E-state index contributed by atoms with van der Waals surface area (Å²) in [5.41, 5.74) is 11.1. The van der Waals surface area contributed by atoms with Gasteiger partial charge in [-0.2, -0.15) is 11.8 Å². The third-order valence-corrected chi connectivity index (χ3v) is 5.98. The van der Waals surface area contributed by atoms with Crippen LogP contribution in [0.25, 0.3) is 0 Å². The molecule has 1 heterocycles. The summed E-state index contributed by atoms with van der Waals surface area (Å²) < 4.78 is 0. The molecule has 4 amide bonds. The van der Waals surface area contributed by atoms with Gasteiger partial charge in [0.2, 0.25) is 23.6 Å². The summed E-state index contributed by atoms with van der Waals surface area (Å²) in [6, 6.07) is -3.85. The highest BCUT2D eigenvalue weighted by molar-refractivity contribution is 7.98. The van der Waals surface area contributed by atoms with Crippen LogP contribution in [0.3, 0.4) is 0 Å². The van der Waals surface area contributed by atoms with Crippen LogP contribution in [0.4, 0.5) is 0 Å². The summed E-state index contributed by atoms with van der Waals surface area (Å²) in [6.07, 6.45) is 3.01. The number of carbonyl (C=O) groups is 5. The van der Waals surface area contributed by atoms with Gasteiger partial charge in [-0.15, -0.1) is 0 Å². The lowest BCUT2D eigenvalue weighted by Gasteiger charge is -2.30. The van der Waals surface area contributed by atoms with Crippen LogP contribution < -0.4 is 22.1 Å². The standard InChI is InChI=1S/C20H35N5O6S/c1-11(2)16(19(29)25-9-4-5-14(25)20(30)31)24-18(28)13(6-7-15(22)26)23-17(27)12(21)8-10-32-3/h11-14,16H,4-10,21H2,1-3H3,(H2,22,26)(H,23,27)(H,24,28)(H,30,31). The zero-order chi connectivity index (χ0) is 24.4. The molecule has 0 saturated carbocycles. The number of primary amides is 1. The fourth-order valence-electron chi connectivity index (χ4n) is 3.44. The first-order chi connectivity index (χ1) is 15.0. The van der Waals surface area contributed by atoms with Gasteiger partial charge in [0.25, 0.3) is 0 Å². The van der Waals surface area contributed by atoms with Crippen LogP contribution in [0.2, 0.25) is 0 Å². The highest BCUT2D eigenvalue weighted by atomic mass is 32.2. The molecule has 0 spiro atoms. The van der Waals surface area contributed by atoms with E-state index in [9.17, 15) is 29.1 Å². The fourth-order valence-corrected chi connectivity index (χ4v) is 3.93. The highest BCUT2D eigenvalue weighted by Gasteiger charge is 2.39. The van der Waals surface area contributed by atoms with Crippen molar-refractivity contribution in [3.63, 3.8) is 0 Å². The Morgan fingerprint density at radius 2 is 1.78 bits per heavy atom. The van der Waals surface area contributed by atoms with Crippen LogP contribution in [0, 0.1) is 5.92 Å². The van der Waals surface area contributed by atoms with Crippen LogP contribution >= 0.6 is 11.8 Å². The number of nitrogens with zero attached hydrogens (tertiary/aromatic N) is 1. The maximum Gasteiger partial charge on any atom is 0.326 e. The average Bonchev–Trinajstić information content (AvgIpc) is 3.22. The predicted octanol–water partition coefficient (Wildman–Crippen LogP) is -0.966. The van der Waals surface area contributed by atoms with Crippen molar-refractivity contribution in [2.24, 2.45) is 17.4 Å². The van der Waals surface area contributed by atoms with Crippen molar-refractivity contribution in [1.29, 1.82) is 0 Å². The minimum atomic E-state index is -1.11. The molecule has 1 rings (SSSR count). The number of amides is 4. The van der Waals surface area contributed by atoms with E-state index < -0.39 is 53.8 Å². The zero-order valence-electron chi connectivity index (χ0n) is 18.8. The van der Waals surface area contributed by atoms with Gasteiger partial charge in [0.05, 0.1) is 6.04 Å². The third-order valence-electron chi connectivity index (χ3n) is 5.33. The number of nitrogens with two attached hydrogens (primary N) is 2. The van der Waals surface area contributed by atoms with Crippen molar-refractivity contribution in [2.75, 3.05) is 18.6 Å². The van der Waals surface area contributed by atoms with E-state index in [1.54, 1.807) is 13.8 Å². The molecule has 1 aliphatic heterocycles. The Labute approximate surface area is 192 Å². The second-order valence-electron chi connectivity index (χ2n) is 8.21. The van der Waals surface area contributed by atoms with Crippen molar-refractivity contribution in [3.05, 3.63) is 0 Å². The van der Waals surface area contributed by atoms with E-state index in [-0.39, 0.29) is 18.8 Å². The lowest BCUT2D eigenvalue weighted by atomic mass is 10.0. The quantitative estimate of drug-likeness (QED) is 0.226. The summed E-state index contributed by atoms with van der Waals surface area (Å²) >= 11 is 1.53. The lowest BCUT2D eigenvalue weighted by Crippen LogP contribution is -2.58. The molecule has 11 nitrogen and oxygen atoms in total. The molecule has 7 N–H and O–H groups in total. The van der Waals surface area contributed by atoms with Crippen LogP contribution in [0.1, 0.15) is 46.0 Å². The number of rotatable bonds is 13. The molecule has 0 aromatic heterocycles. The lowest BCUT2D eigenvalue weighted by molar-refractivity contribution is -0.150. The van der Waals surface area contributed by atoms with Gasteiger partial charge in [-0.25, -0.2) is 4.79 Å². The molecule has 1 saturated heterocycles. The molecule has 0 aromatic rings. The second kappa shape index (κ2) is 13.3. The largest absolute Gasteiger partial charge is 0.480 e. The number of carboxylic acid groups (broad SMARTS) is 1. The minimum Gasteiger partial charge on any atom is -0.480 e. The fraction of sp³-hybridized carbons (Fsp3) is 0.750. The highest BCUT2D eigenvalue weighted by Crippen LogP contribution is 2.20. The molecule has 0 bridgehead atoms. The molecule has 32 heavy (non-hydrogen) atoms. The third kappa shape index (κ3) is 8.30. The second-order valence-corrected chi connectivity index (χ2v) is 9.20. The van der Waals surface area contributed by atoms with Crippen LogP contribution in [-0.2, 0) is 24.0 Å². The Hall–Kier alpha value is -2.34. The number of carboxylic acids is 1. The molecule has 4 atom stereocenters. The topological polar surface area (TPSA) is 185 Å². The summed E-state index contributed by atoms with van der Waals surface area (Å²) in [4.78, 5) is 62.4. The Morgan fingerprint density at radius 1 is 1.12 bits per heavy atom. The van der Waals surface area contributed by atoms with Gasteiger partial charge in [-0.3, -0.25) is 19.2 Å². The molecule has 0 radical (unpaired) electrons. The van der Waals surface area contributed by atoms with Crippen molar-refractivity contribution in [3.8, 4) is 0 Å². The van der Waals surface area contributed by atoms with E-state index in [4.69, 9.17) is 11.5 Å². The smallest absolute Gasteiger partial charge is 0.326 e.